The maximum absolute atomic E-state index is 2.60. The van der Waals surface area contributed by atoms with E-state index in [0.29, 0.717) is 0 Å². The minimum Gasteiger partial charge on any atom is -0.310 e. The number of hydrogen-bond acceptors (Lipinski definition) is 5. The summed E-state index contributed by atoms with van der Waals surface area (Å²) in [5.41, 5.74) is 15.1. The van der Waals surface area contributed by atoms with Crippen molar-refractivity contribution in [1.82, 2.24) is 0 Å². The van der Waals surface area contributed by atoms with Crippen molar-refractivity contribution < 1.29 is 0 Å². The van der Waals surface area contributed by atoms with Gasteiger partial charge >= 0.3 is 0 Å². The summed E-state index contributed by atoms with van der Waals surface area (Å²) in [5, 5.41) is 3.96. The van der Waals surface area contributed by atoms with Crippen LogP contribution >= 0.6 is 34.4 Å². The second-order valence-electron chi connectivity index (χ2n) is 19.4. The molecule has 0 N–H and O–H groups in total. The van der Waals surface area contributed by atoms with Gasteiger partial charge in [0.15, 0.2) is 0 Å². The molecule has 0 saturated carbocycles. The molecule has 0 aliphatic carbocycles. The molecule has 0 unspecified atom stereocenters. The second-order valence-corrected chi connectivity index (χ2v) is 22.5. The van der Waals surface area contributed by atoms with Gasteiger partial charge in [0.2, 0.25) is 0 Å². The zero-order valence-corrected chi connectivity index (χ0v) is 39.4. The predicted octanol–water partition coefficient (Wildman–Crippen LogP) is 15.8. The third-order valence-corrected chi connectivity index (χ3v) is 17.0. The number of benzene rings is 8. The third-order valence-electron chi connectivity index (χ3n) is 13.3. The highest BCUT2D eigenvalue weighted by Crippen LogP contribution is 2.50. The van der Waals surface area contributed by atoms with E-state index in [2.05, 4.69) is 227 Å². The summed E-state index contributed by atoms with van der Waals surface area (Å²) in [6.07, 6.45) is 0. The summed E-state index contributed by atoms with van der Waals surface area (Å²) in [6.45, 7) is 13.8. The first-order chi connectivity index (χ1) is 31.0. The summed E-state index contributed by atoms with van der Waals surface area (Å²) in [7, 11) is 0. The van der Waals surface area contributed by atoms with Crippen molar-refractivity contribution >= 4 is 121 Å². The minimum atomic E-state index is 0.0523. The van der Waals surface area contributed by atoms with Gasteiger partial charge in [-0.2, -0.15) is 0 Å². The topological polar surface area (TPSA) is 6.48 Å². The van der Waals surface area contributed by atoms with E-state index >= 15 is 0 Å². The van der Waals surface area contributed by atoms with Crippen LogP contribution in [-0.2, 0) is 10.8 Å². The Morgan fingerprint density at radius 1 is 0.469 bits per heavy atom. The fraction of sp³-hybridized carbons (Fsp3) is 0.138. The monoisotopic (exact) mass is 878 g/mol. The number of fused-ring (bicyclic) bond motifs is 9. The van der Waals surface area contributed by atoms with Crippen LogP contribution in [0.2, 0.25) is 0 Å². The fourth-order valence-electron chi connectivity index (χ4n) is 9.92. The molecule has 10 aromatic rings. The quantitative estimate of drug-likeness (QED) is 0.159. The van der Waals surface area contributed by atoms with Gasteiger partial charge in [-0.15, -0.1) is 22.7 Å². The van der Waals surface area contributed by atoms with Gasteiger partial charge in [-0.1, -0.05) is 156 Å². The van der Waals surface area contributed by atoms with Crippen LogP contribution in [0.5, 0.6) is 0 Å². The molecule has 0 amide bonds. The van der Waals surface area contributed by atoms with Crippen LogP contribution in [0, 0.1) is 0 Å². The molecule has 8 aromatic carbocycles. The molecular formula is C58H47BN2S3. The van der Waals surface area contributed by atoms with Crippen LogP contribution in [0.25, 0.3) is 41.4 Å². The van der Waals surface area contributed by atoms with Gasteiger partial charge in [0.25, 0.3) is 6.71 Å². The molecule has 310 valence electrons. The molecule has 2 aliphatic rings. The van der Waals surface area contributed by atoms with Crippen LogP contribution in [0.4, 0.5) is 34.1 Å². The Bertz CT molecular complexity index is 3390. The summed E-state index contributed by atoms with van der Waals surface area (Å²) in [5.74, 6) is 0. The zero-order valence-electron chi connectivity index (χ0n) is 36.9. The van der Waals surface area contributed by atoms with Gasteiger partial charge in [-0.25, -0.2) is 0 Å². The Hall–Kier alpha value is -6.05. The van der Waals surface area contributed by atoms with Crippen molar-refractivity contribution in [1.29, 1.82) is 0 Å². The van der Waals surface area contributed by atoms with Crippen molar-refractivity contribution in [3.05, 3.63) is 187 Å². The Morgan fingerprint density at radius 3 is 1.81 bits per heavy atom. The molecule has 0 spiro atoms. The largest absolute Gasteiger partial charge is 0.310 e. The first-order valence-electron chi connectivity index (χ1n) is 22.3. The first-order valence-corrected chi connectivity index (χ1v) is 24.7. The van der Waals surface area contributed by atoms with Crippen LogP contribution in [0.1, 0.15) is 52.7 Å². The van der Waals surface area contributed by atoms with Crippen molar-refractivity contribution in [2.24, 2.45) is 0 Å². The van der Waals surface area contributed by atoms with E-state index in [0.717, 1.165) is 17.1 Å². The van der Waals surface area contributed by atoms with E-state index in [1.165, 1.54) is 95.1 Å². The molecule has 64 heavy (non-hydrogen) atoms. The Kier molecular flexibility index (Phi) is 9.11. The molecule has 0 saturated heterocycles. The number of anilines is 6. The lowest BCUT2D eigenvalue weighted by Gasteiger charge is -2.40. The molecule has 12 rings (SSSR count). The van der Waals surface area contributed by atoms with E-state index in [4.69, 9.17) is 0 Å². The van der Waals surface area contributed by atoms with Gasteiger partial charge in [-0.3, -0.25) is 0 Å². The average Bonchev–Trinajstić information content (AvgIpc) is 3.87. The maximum Gasteiger partial charge on any atom is 0.262 e. The average molecular weight is 879 g/mol. The molecule has 2 aliphatic heterocycles. The molecule has 0 bridgehead atoms. The smallest absolute Gasteiger partial charge is 0.262 e. The molecule has 4 heterocycles. The van der Waals surface area contributed by atoms with Gasteiger partial charge in [0.05, 0.1) is 10.4 Å². The number of hydrogen-bond donors (Lipinski definition) is 0. The van der Waals surface area contributed by atoms with Crippen LogP contribution in [0.3, 0.4) is 0 Å². The number of nitrogens with zero attached hydrogens (tertiary/aromatic N) is 2. The maximum atomic E-state index is 2.60. The van der Waals surface area contributed by atoms with Gasteiger partial charge < -0.3 is 9.80 Å². The molecule has 6 heteroatoms. The normalized spacial score (nSPS) is 13.3. The van der Waals surface area contributed by atoms with Crippen LogP contribution in [-0.4, -0.2) is 6.71 Å². The molecule has 2 nitrogen and oxygen atoms in total. The fourth-order valence-corrected chi connectivity index (χ4v) is 13.8. The van der Waals surface area contributed by atoms with Crippen molar-refractivity contribution in [2.75, 3.05) is 9.80 Å². The van der Waals surface area contributed by atoms with Crippen molar-refractivity contribution in [2.45, 2.75) is 62.2 Å². The number of rotatable bonds is 5. The lowest BCUT2D eigenvalue weighted by atomic mass is 9.37. The Morgan fingerprint density at radius 2 is 1.09 bits per heavy atom. The Labute approximate surface area is 388 Å². The van der Waals surface area contributed by atoms with Crippen molar-refractivity contribution in [3.63, 3.8) is 0 Å². The van der Waals surface area contributed by atoms with Gasteiger partial charge in [0, 0.05) is 63.8 Å². The predicted molar refractivity (Wildman–Crippen MR) is 282 cm³/mol. The molecule has 0 radical (unpaired) electrons. The van der Waals surface area contributed by atoms with E-state index in [1.807, 2.05) is 34.4 Å². The highest BCUT2D eigenvalue weighted by atomic mass is 32.2. The van der Waals surface area contributed by atoms with Crippen molar-refractivity contribution in [3.8, 4) is 11.1 Å². The molecule has 0 atom stereocenters. The number of thiophene rings is 2. The second kappa shape index (κ2) is 14.7. The molecular weight excluding hydrogens is 832 g/mol. The van der Waals surface area contributed by atoms with E-state index in [1.54, 1.807) is 0 Å². The standard InChI is InChI=1S/C58H47BN2S3/c1-57(2,3)38-23-27-40(28-24-38)60(41-29-25-39(26-30-41)58(4,5)6)42-31-32-46-49(35-42)61(48-19-12-17-44-43-16-10-11-20-50(43)62-54(44)48)47-18-13-21-52-53(47)59(46)56-55(63-52)45-34-37(22-33-51(45)64-56)36-14-8-7-9-15-36/h7-35H,1-6H3. The van der Waals surface area contributed by atoms with E-state index < -0.39 is 0 Å². The van der Waals surface area contributed by atoms with E-state index in [9.17, 15) is 0 Å². The SMILES string of the molecule is CC(C)(C)c1ccc(N(c2ccc(C(C)(C)C)cc2)c2ccc3c(c2)N(c2cccc4c2sc2ccccc24)c2cccc4c2B3c2sc3ccc(-c5ccccc5)cc3c2S4)cc1. The molecule has 2 aromatic heterocycles. The van der Waals surface area contributed by atoms with Gasteiger partial charge in [-0.05, 0) is 122 Å². The lowest BCUT2D eigenvalue weighted by Crippen LogP contribution is -2.58. The summed E-state index contributed by atoms with van der Waals surface area (Å²) >= 11 is 5.83. The zero-order chi connectivity index (χ0) is 43.5. The first kappa shape index (κ1) is 39.5. The Balaban J connectivity index is 1.11. The van der Waals surface area contributed by atoms with Crippen LogP contribution < -0.4 is 25.5 Å². The van der Waals surface area contributed by atoms with Gasteiger partial charge in [0.1, 0.15) is 0 Å². The summed E-state index contributed by atoms with van der Waals surface area (Å²) in [4.78, 5) is 7.78. The lowest BCUT2D eigenvalue weighted by molar-refractivity contribution is 0.590. The highest BCUT2D eigenvalue weighted by molar-refractivity contribution is 8.00. The third kappa shape index (κ3) is 6.36. The highest BCUT2D eigenvalue weighted by Gasteiger charge is 2.43. The summed E-state index contributed by atoms with van der Waals surface area (Å²) in [6, 6.07) is 66.4. The minimum absolute atomic E-state index is 0.0523. The van der Waals surface area contributed by atoms with Crippen LogP contribution in [0.15, 0.2) is 186 Å². The summed E-state index contributed by atoms with van der Waals surface area (Å²) < 4.78 is 5.40. The molecule has 0 fully saturated rings. The van der Waals surface area contributed by atoms with E-state index in [-0.39, 0.29) is 17.5 Å².